The summed E-state index contributed by atoms with van der Waals surface area (Å²) in [6, 6.07) is 6.56. The predicted molar refractivity (Wildman–Crippen MR) is 55.1 cm³/mol. The van der Waals surface area contributed by atoms with Crippen molar-refractivity contribution >= 4 is 23.3 Å². The van der Waals surface area contributed by atoms with E-state index < -0.39 is 17.7 Å². The van der Waals surface area contributed by atoms with Crippen LogP contribution in [0.25, 0.3) is 0 Å². The molecule has 16 heavy (non-hydrogen) atoms. The molecule has 1 aliphatic heterocycles. The van der Waals surface area contributed by atoms with Crippen molar-refractivity contribution in [1.82, 2.24) is 0 Å². The van der Waals surface area contributed by atoms with E-state index in [1.54, 1.807) is 24.3 Å². The number of carbonyl (C=O) groups is 3. The summed E-state index contributed by atoms with van der Waals surface area (Å²) in [7, 11) is 1.23. The Hall–Kier alpha value is -2.17. The lowest BCUT2D eigenvalue weighted by Crippen LogP contribution is -2.35. The highest BCUT2D eigenvalue weighted by Crippen LogP contribution is 2.27. The fourth-order valence-electron chi connectivity index (χ4n) is 1.60. The van der Waals surface area contributed by atoms with Crippen LogP contribution < -0.4 is 4.90 Å². The number of hydrogen-bond acceptors (Lipinski definition) is 4. The van der Waals surface area contributed by atoms with Gasteiger partial charge >= 0.3 is 5.97 Å². The maximum absolute atomic E-state index is 11.6. The third kappa shape index (κ3) is 1.46. The van der Waals surface area contributed by atoms with Crippen molar-refractivity contribution in [3.05, 3.63) is 29.8 Å². The molecule has 0 aliphatic carbocycles. The van der Waals surface area contributed by atoms with Gasteiger partial charge in [-0.2, -0.15) is 0 Å². The van der Waals surface area contributed by atoms with Crippen molar-refractivity contribution < 1.29 is 19.1 Å². The highest BCUT2D eigenvalue weighted by atomic mass is 16.5. The molecule has 0 unspecified atom stereocenters. The molecule has 5 heteroatoms. The lowest BCUT2D eigenvalue weighted by atomic mass is 10.1. The van der Waals surface area contributed by atoms with Crippen LogP contribution in [0.15, 0.2) is 24.3 Å². The highest BCUT2D eigenvalue weighted by molar-refractivity contribution is 6.52. The van der Waals surface area contributed by atoms with Crippen LogP contribution in [0.3, 0.4) is 0 Å². The number of carbonyl (C=O) groups excluding carboxylic acids is 3. The van der Waals surface area contributed by atoms with E-state index in [0.29, 0.717) is 11.3 Å². The Morgan fingerprint density at radius 1 is 1.31 bits per heavy atom. The van der Waals surface area contributed by atoms with E-state index in [1.165, 1.54) is 7.11 Å². The van der Waals surface area contributed by atoms with Gasteiger partial charge < -0.3 is 4.74 Å². The normalized spacial score (nSPS) is 13.9. The molecule has 0 fully saturated rings. The summed E-state index contributed by atoms with van der Waals surface area (Å²) in [5.41, 5.74) is 0.791. The Labute approximate surface area is 91.6 Å². The fourth-order valence-corrected chi connectivity index (χ4v) is 1.60. The molecular weight excluding hydrogens is 210 g/mol. The first-order valence-corrected chi connectivity index (χ1v) is 4.67. The van der Waals surface area contributed by atoms with E-state index in [2.05, 4.69) is 4.74 Å². The summed E-state index contributed by atoms with van der Waals surface area (Å²) in [6.45, 7) is -0.238. The first-order chi connectivity index (χ1) is 7.65. The van der Waals surface area contributed by atoms with Crippen molar-refractivity contribution in [2.75, 3.05) is 18.6 Å². The number of Topliss-reactive ketones (excluding diaryl/α,β-unsaturated/α-hetero) is 1. The van der Waals surface area contributed by atoms with Crippen molar-refractivity contribution in [2.24, 2.45) is 0 Å². The molecule has 0 spiro atoms. The van der Waals surface area contributed by atoms with Crippen molar-refractivity contribution in [2.45, 2.75) is 0 Å². The Balaban J connectivity index is 2.37. The first kappa shape index (κ1) is 10.4. The number of anilines is 1. The number of para-hydroxylation sites is 1. The number of hydrogen-bond donors (Lipinski definition) is 0. The molecule has 1 amide bonds. The quantitative estimate of drug-likeness (QED) is 0.533. The monoisotopic (exact) mass is 219 g/mol. The zero-order valence-electron chi connectivity index (χ0n) is 8.60. The molecular formula is C11H9NO4. The zero-order valence-corrected chi connectivity index (χ0v) is 8.60. The lowest BCUT2D eigenvalue weighted by molar-refractivity contribution is -0.139. The smallest absolute Gasteiger partial charge is 0.325 e. The Kier molecular flexibility index (Phi) is 2.44. The van der Waals surface area contributed by atoms with Gasteiger partial charge in [0, 0.05) is 0 Å². The molecule has 0 saturated heterocycles. The number of fused-ring (bicyclic) bond motifs is 1. The Morgan fingerprint density at radius 3 is 2.69 bits per heavy atom. The summed E-state index contributed by atoms with van der Waals surface area (Å²) in [4.78, 5) is 35.3. The largest absolute Gasteiger partial charge is 0.468 e. The van der Waals surface area contributed by atoms with Gasteiger partial charge in [-0.25, -0.2) is 0 Å². The minimum atomic E-state index is -0.688. The van der Waals surface area contributed by atoms with Crippen LogP contribution in [0.1, 0.15) is 10.4 Å². The molecule has 1 aliphatic rings. The third-order valence-electron chi connectivity index (χ3n) is 2.39. The minimum Gasteiger partial charge on any atom is -0.468 e. The topological polar surface area (TPSA) is 63.7 Å². The second-order valence-electron chi connectivity index (χ2n) is 3.31. The standard InChI is InChI=1S/C11H9NO4/c1-16-9(13)6-12-8-5-3-2-4-7(8)10(14)11(12)15/h2-5H,6H2,1H3. The van der Waals surface area contributed by atoms with E-state index in [-0.39, 0.29) is 6.54 Å². The average Bonchev–Trinajstić information content (AvgIpc) is 2.55. The Bertz CT molecular complexity index is 481. The van der Waals surface area contributed by atoms with Gasteiger partial charge in [0.25, 0.3) is 11.7 Å². The number of benzene rings is 1. The van der Waals surface area contributed by atoms with Crippen LogP contribution in [0.5, 0.6) is 0 Å². The van der Waals surface area contributed by atoms with E-state index in [0.717, 1.165) is 4.90 Å². The number of nitrogens with zero attached hydrogens (tertiary/aromatic N) is 1. The first-order valence-electron chi connectivity index (χ1n) is 4.67. The number of ether oxygens (including phenoxy) is 1. The number of rotatable bonds is 2. The molecule has 5 nitrogen and oxygen atoms in total. The van der Waals surface area contributed by atoms with E-state index in [1.807, 2.05) is 0 Å². The van der Waals surface area contributed by atoms with Gasteiger partial charge in [-0.15, -0.1) is 0 Å². The fraction of sp³-hybridized carbons (Fsp3) is 0.182. The van der Waals surface area contributed by atoms with Gasteiger partial charge in [0.15, 0.2) is 0 Å². The van der Waals surface area contributed by atoms with Crippen LogP contribution in [-0.2, 0) is 14.3 Å². The zero-order chi connectivity index (χ0) is 11.7. The lowest BCUT2D eigenvalue weighted by Gasteiger charge is -2.14. The van der Waals surface area contributed by atoms with Crippen LogP contribution in [0.2, 0.25) is 0 Å². The number of esters is 1. The number of ketones is 1. The third-order valence-corrected chi connectivity index (χ3v) is 2.39. The average molecular weight is 219 g/mol. The van der Waals surface area contributed by atoms with Crippen LogP contribution in [0, 0.1) is 0 Å². The van der Waals surface area contributed by atoms with Crippen LogP contribution in [0.4, 0.5) is 5.69 Å². The van der Waals surface area contributed by atoms with Gasteiger partial charge in [-0.1, -0.05) is 12.1 Å². The Morgan fingerprint density at radius 2 is 2.00 bits per heavy atom. The molecule has 0 aromatic heterocycles. The molecule has 0 saturated carbocycles. The predicted octanol–water partition coefficient (Wildman–Crippen LogP) is 0.389. The summed E-state index contributed by atoms with van der Waals surface area (Å²) >= 11 is 0. The number of amides is 1. The van der Waals surface area contributed by atoms with E-state index in [9.17, 15) is 14.4 Å². The molecule has 1 heterocycles. The SMILES string of the molecule is COC(=O)CN1C(=O)C(=O)c2ccccc21. The second kappa shape index (κ2) is 3.77. The van der Waals surface area contributed by atoms with Crippen molar-refractivity contribution in [1.29, 1.82) is 0 Å². The molecule has 1 aromatic carbocycles. The molecule has 0 bridgehead atoms. The van der Waals surface area contributed by atoms with Crippen LogP contribution >= 0.6 is 0 Å². The molecule has 0 atom stereocenters. The van der Waals surface area contributed by atoms with Crippen molar-refractivity contribution in [3.63, 3.8) is 0 Å². The molecule has 82 valence electrons. The highest BCUT2D eigenvalue weighted by Gasteiger charge is 2.36. The maximum Gasteiger partial charge on any atom is 0.325 e. The summed E-state index contributed by atoms with van der Waals surface area (Å²) < 4.78 is 4.47. The molecule has 1 aromatic rings. The van der Waals surface area contributed by atoms with Gasteiger partial charge in [0.2, 0.25) is 0 Å². The van der Waals surface area contributed by atoms with Gasteiger partial charge in [0.05, 0.1) is 18.4 Å². The van der Waals surface area contributed by atoms with E-state index in [4.69, 9.17) is 0 Å². The molecule has 0 radical (unpaired) electrons. The van der Waals surface area contributed by atoms with Gasteiger partial charge in [-0.3, -0.25) is 19.3 Å². The van der Waals surface area contributed by atoms with Gasteiger partial charge in [0.1, 0.15) is 6.54 Å². The minimum absolute atomic E-state index is 0.238. The summed E-state index contributed by atoms with van der Waals surface area (Å²) in [6.07, 6.45) is 0. The molecule has 2 rings (SSSR count). The van der Waals surface area contributed by atoms with Crippen LogP contribution in [-0.4, -0.2) is 31.3 Å². The van der Waals surface area contributed by atoms with E-state index >= 15 is 0 Å². The summed E-state index contributed by atoms with van der Waals surface area (Å²) in [5.74, 6) is -1.83. The number of methoxy groups -OCH3 is 1. The van der Waals surface area contributed by atoms with Gasteiger partial charge in [-0.05, 0) is 12.1 Å². The molecule has 0 N–H and O–H groups in total. The van der Waals surface area contributed by atoms with Crippen molar-refractivity contribution in [3.8, 4) is 0 Å². The summed E-state index contributed by atoms with van der Waals surface area (Å²) in [5, 5.41) is 0. The maximum atomic E-state index is 11.6. The second-order valence-corrected chi connectivity index (χ2v) is 3.31.